The maximum absolute atomic E-state index is 11.1. The number of aliphatic hydroxyl groups is 1. The van der Waals surface area contributed by atoms with Crippen molar-refractivity contribution >= 4 is 22.3 Å². The first kappa shape index (κ1) is 12.8. The first-order valence-corrected chi connectivity index (χ1v) is 6.62. The third kappa shape index (κ3) is 1.98. The van der Waals surface area contributed by atoms with Crippen molar-refractivity contribution in [1.29, 1.82) is 0 Å². The number of anilines is 1. The highest BCUT2D eigenvalue weighted by Gasteiger charge is 2.27. The molecular formula is C14H15N3O3. The average molecular weight is 273 g/mol. The van der Waals surface area contributed by atoms with Crippen LogP contribution in [0, 0.1) is 10.1 Å². The normalized spacial score (nSPS) is 18.6. The predicted molar refractivity (Wildman–Crippen MR) is 75.9 cm³/mol. The molecule has 1 fully saturated rings. The number of aliphatic hydroxyl groups excluding tert-OH is 1. The smallest absolute Gasteiger partial charge is 0.278 e. The zero-order valence-electron chi connectivity index (χ0n) is 10.9. The number of rotatable bonds is 3. The number of pyridine rings is 1. The van der Waals surface area contributed by atoms with E-state index in [-0.39, 0.29) is 23.3 Å². The fourth-order valence-electron chi connectivity index (χ4n) is 2.88. The number of fused-ring (bicyclic) bond motifs is 1. The maximum Gasteiger partial charge on any atom is 0.278 e. The molecule has 6 heteroatoms. The van der Waals surface area contributed by atoms with E-state index in [2.05, 4.69) is 9.88 Å². The Kier molecular flexibility index (Phi) is 3.23. The van der Waals surface area contributed by atoms with Crippen LogP contribution in [0.2, 0.25) is 0 Å². The number of hydrogen-bond acceptors (Lipinski definition) is 5. The van der Waals surface area contributed by atoms with E-state index in [1.165, 1.54) is 6.07 Å². The summed E-state index contributed by atoms with van der Waals surface area (Å²) in [5.41, 5.74) is 1.56. The van der Waals surface area contributed by atoms with Crippen molar-refractivity contribution in [3.63, 3.8) is 0 Å². The van der Waals surface area contributed by atoms with Gasteiger partial charge in [-0.15, -0.1) is 0 Å². The Morgan fingerprint density at radius 3 is 3.05 bits per heavy atom. The Labute approximate surface area is 115 Å². The molecule has 1 aromatic carbocycles. The van der Waals surface area contributed by atoms with Gasteiger partial charge in [-0.2, -0.15) is 0 Å². The van der Waals surface area contributed by atoms with Gasteiger partial charge < -0.3 is 10.0 Å². The van der Waals surface area contributed by atoms with E-state index >= 15 is 0 Å². The molecule has 1 aliphatic heterocycles. The molecule has 3 rings (SSSR count). The molecule has 6 nitrogen and oxygen atoms in total. The summed E-state index contributed by atoms with van der Waals surface area (Å²) in [6, 6.07) is 6.75. The van der Waals surface area contributed by atoms with Gasteiger partial charge in [0.25, 0.3) is 5.69 Å². The molecule has 0 bridgehead atoms. The fraction of sp³-hybridized carbons (Fsp3) is 0.357. The average Bonchev–Trinajstić information content (AvgIpc) is 2.94. The summed E-state index contributed by atoms with van der Waals surface area (Å²) in [5, 5.41) is 21.1. The van der Waals surface area contributed by atoms with E-state index in [1.54, 1.807) is 24.4 Å². The molecule has 0 radical (unpaired) electrons. The summed E-state index contributed by atoms with van der Waals surface area (Å²) < 4.78 is 0. The van der Waals surface area contributed by atoms with Crippen molar-refractivity contribution in [3.8, 4) is 0 Å². The molecule has 1 aromatic heterocycles. The minimum Gasteiger partial charge on any atom is -0.394 e. The summed E-state index contributed by atoms with van der Waals surface area (Å²) in [5.74, 6) is 0. The molecule has 0 spiro atoms. The molecule has 1 aliphatic rings. The van der Waals surface area contributed by atoms with Gasteiger partial charge in [-0.25, -0.2) is 0 Å². The number of nitro benzene ring substituents is 1. The summed E-state index contributed by atoms with van der Waals surface area (Å²) in [6.07, 6.45) is 3.58. The third-order valence-electron chi connectivity index (χ3n) is 3.82. The fourth-order valence-corrected chi connectivity index (χ4v) is 2.88. The highest BCUT2D eigenvalue weighted by Crippen LogP contribution is 2.35. The van der Waals surface area contributed by atoms with E-state index in [0.29, 0.717) is 10.9 Å². The molecule has 1 N–H and O–H groups in total. The van der Waals surface area contributed by atoms with Gasteiger partial charge in [-0.05, 0) is 31.0 Å². The van der Waals surface area contributed by atoms with Crippen LogP contribution in [0.15, 0.2) is 30.5 Å². The van der Waals surface area contributed by atoms with Gasteiger partial charge in [0, 0.05) is 18.8 Å². The highest BCUT2D eigenvalue weighted by molar-refractivity contribution is 5.97. The van der Waals surface area contributed by atoms with E-state index in [4.69, 9.17) is 0 Å². The summed E-state index contributed by atoms with van der Waals surface area (Å²) in [4.78, 5) is 17.1. The molecule has 104 valence electrons. The highest BCUT2D eigenvalue weighted by atomic mass is 16.6. The van der Waals surface area contributed by atoms with Crippen molar-refractivity contribution < 1.29 is 10.0 Å². The molecule has 1 atom stereocenters. The van der Waals surface area contributed by atoms with Gasteiger partial charge in [-0.1, -0.05) is 0 Å². The first-order valence-electron chi connectivity index (χ1n) is 6.62. The van der Waals surface area contributed by atoms with E-state index in [0.717, 1.165) is 25.1 Å². The van der Waals surface area contributed by atoms with Crippen LogP contribution in [-0.4, -0.2) is 34.2 Å². The van der Waals surface area contributed by atoms with Gasteiger partial charge >= 0.3 is 0 Å². The van der Waals surface area contributed by atoms with Crippen molar-refractivity contribution in [2.45, 2.75) is 18.9 Å². The van der Waals surface area contributed by atoms with Crippen LogP contribution in [0.25, 0.3) is 10.9 Å². The topological polar surface area (TPSA) is 79.5 Å². The molecule has 2 aromatic rings. The first-order chi connectivity index (χ1) is 9.72. The molecule has 0 aliphatic carbocycles. The second-order valence-electron chi connectivity index (χ2n) is 4.93. The van der Waals surface area contributed by atoms with Gasteiger partial charge in [0.2, 0.25) is 0 Å². The molecule has 1 saturated heterocycles. The van der Waals surface area contributed by atoms with Gasteiger partial charge in [-0.3, -0.25) is 15.1 Å². The molecule has 20 heavy (non-hydrogen) atoms. The Hall–Kier alpha value is -2.21. The molecule has 0 amide bonds. The number of non-ortho nitro benzene ring substituents is 1. The number of nitrogens with zero attached hydrogens (tertiary/aromatic N) is 3. The van der Waals surface area contributed by atoms with E-state index < -0.39 is 0 Å². The van der Waals surface area contributed by atoms with Crippen LogP contribution >= 0.6 is 0 Å². The second-order valence-corrected chi connectivity index (χ2v) is 4.93. The van der Waals surface area contributed by atoms with Crippen LogP contribution in [0.4, 0.5) is 11.4 Å². The Morgan fingerprint density at radius 1 is 1.45 bits per heavy atom. The van der Waals surface area contributed by atoms with E-state index in [1.807, 2.05) is 0 Å². The third-order valence-corrected chi connectivity index (χ3v) is 3.82. The minimum atomic E-state index is -0.388. The summed E-state index contributed by atoms with van der Waals surface area (Å²) in [7, 11) is 0. The lowest BCUT2D eigenvalue weighted by molar-refractivity contribution is -0.383. The van der Waals surface area contributed by atoms with Gasteiger partial charge in [0.1, 0.15) is 5.52 Å². The van der Waals surface area contributed by atoms with Crippen molar-refractivity contribution in [2.24, 2.45) is 0 Å². The Bertz CT molecular complexity index is 659. The monoisotopic (exact) mass is 273 g/mol. The molecular weight excluding hydrogens is 258 g/mol. The number of aromatic nitrogens is 1. The number of nitro groups is 1. The standard InChI is InChI=1S/C14H15N3O3/c18-9-10-3-2-8-16(10)13-6-5-12(17(19)20)11-4-1-7-15-14(11)13/h1,4-7,10,18H,2-3,8-9H2/t10-/m1/s1. The van der Waals surface area contributed by atoms with Gasteiger partial charge in [0.15, 0.2) is 0 Å². The Morgan fingerprint density at radius 2 is 2.30 bits per heavy atom. The molecule has 2 heterocycles. The van der Waals surface area contributed by atoms with E-state index in [9.17, 15) is 15.2 Å². The lowest BCUT2D eigenvalue weighted by Crippen LogP contribution is -2.32. The number of hydrogen-bond donors (Lipinski definition) is 1. The van der Waals surface area contributed by atoms with Crippen molar-refractivity contribution in [1.82, 2.24) is 4.98 Å². The maximum atomic E-state index is 11.1. The zero-order chi connectivity index (χ0) is 14.1. The van der Waals surface area contributed by atoms with Crippen molar-refractivity contribution in [3.05, 3.63) is 40.6 Å². The Balaban J connectivity index is 2.18. The summed E-state index contributed by atoms with van der Waals surface area (Å²) in [6.45, 7) is 0.931. The predicted octanol–water partition coefficient (Wildman–Crippen LogP) is 2.10. The lowest BCUT2D eigenvalue weighted by Gasteiger charge is -2.26. The van der Waals surface area contributed by atoms with Crippen LogP contribution in [0.3, 0.4) is 0 Å². The molecule has 0 unspecified atom stereocenters. The van der Waals surface area contributed by atoms with Crippen LogP contribution in [0.1, 0.15) is 12.8 Å². The quantitative estimate of drug-likeness (QED) is 0.684. The summed E-state index contributed by atoms with van der Waals surface area (Å²) >= 11 is 0. The SMILES string of the molecule is O=[N+]([O-])c1ccc(N2CCC[C@@H]2CO)c2ncccc12. The van der Waals surface area contributed by atoms with Crippen LogP contribution < -0.4 is 4.90 Å². The second kappa shape index (κ2) is 5.05. The zero-order valence-corrected chi connectivity index (χ0v) is 10.9. The van der Waals surface area contributed by atoms with Crippen LogP contribution in [-0.2, 0) is 0 Å². The number of benzene rings is 1. The van der Waals surface area contributed by atoms with Crippen molar-refractivity contribution in [2.75, 3.05) is 18.1 Å². The largest absolute Gasteiger partial charge is 0.394 e. The van der Waals surface area contributed by atoms with Crippen LogP contribution in [0.5, 0.6) is 0 Å². The lowest BCUT2D eigenvalue weighted by atomic mass is 10.1. The van der Waals surface area contributed by atoms with Gasteiger partial charge in [0.05, 0.1) is 28.6 Å². The molecule has 0 saturated carbocycles. The minimum absolute atomic E-state index is 0.0663.